The van der Waals surface area contributed by atoms with E-state index in [0.29, 0.717) is 11.5 Å². The molecule has 2 aliphatic heterocycles. The van der Waals surface area contributed by atoms with Gasteiger partial charge < -0.3 is 9.05 Å². The summed E-state index contributed by atoms with van der Waals surface area (Å²) in [5, 5.41) is 0. The molecule has 1 N–H and O–H groups in total. The number of benzene rings is 1. The second-order valence-electron chi connectivity index (χ2n) is 9.81. The summed E-state index contributed by atoms with van der Waals surface area (Å²) in [7, 11) is -4.25. The molecule has 4 rings (SSSR count). The molecule has 0 spiro atoms. The van der Waals surface area contributed by atoms with E-state index in [1.54, 1.807) is 0 Å². The summed E-state index contributed by atoms with van der Waals surface area (Å²) in [6.45, 7) is 15.4. The second-order valence-corrected chi connectivity index (χ2v) is 11.1. The zero-order valence-corrected chi connectivity index (χ0v) is 18.3. The zero-order chi connectivity index (χ0) is 20.3. The molecule has 1 aromatic carbocycles. The van der Waals surface area contributed by atoms with Crippen molar-refractivity contribution in [2.45, 2.75) is 66.2 Å². The van der Waals surface area contributed by atoms with Crippen molar-refractivity contribution in [3.05, 3.63) is 53.3 Å². The molecule has 3 unspecified atom stereocenters. The Hall–Kier alpha value is -1.51. The maximum atomic E-state index is 12.5. The third-order valence-corrected chi connectivity index (χ3v) is 7.00. The van der Waals surface area contributed by atoms with E-state index in [9.17, 15) is 9.46 Å². The highest BCUT2D eigenvalue weighted by atomic mass is 31.2. The molecule has 4 nitrogen and oxygen atoms in total. The Bertz CT molecular complexity index is 854. The normalized spacial score (nSPS) is 30.8. The number of hydrogen-bond donors (Lipinski definition) is 1. The monoisotopic (exact) mass is 390 g/mol. The standard InChI is InChI=1S/C22H31O4P/c1-15-18-14-16(20(2,3)4)8-9-19(18)26-27(23,24)25-17-10-12-22(15,13-11-17)21(5,6)7/h8-12,14-15H,13H2,1-7H3,(H,23,24). The van der Waals surface area contributed by atoms with E-state index in [1.807, 2.05) is 24.3 Å². The number of phosphoric ester groups is 1. The van der Waals surface area contributed by atoms with Crippen LogP contribution in [0.15, 0.2) is 42.2 Å². The quantitative estimate of drug-likeness (QED) is 0.516. The molecule has 0 radical (unpaired) electrons. The first-order valence-corrected chi connectivity index (χ1v) is 11.0. The van der Waals surface area contributed by atoms with Gasteiger partial charge in [-0.2, -0.15) is 0 Å². The van der Waals surface area contributed by atoms with Crippen molar-refractivity contribution in [3.63, 3.8) is 0 Å². The van der Waals surface area contributed by atoms with Gasteiger partial charge in [-0.25, -0.2) is 4.57 Å². The van der Waals surface area contributed by atoms with Gasteiger partial charge in [0.05, 0.1) is 0 Å². The minimum absolute atomic E-state index is 0.0257. The van der Waals surface area contributed by atoms with Gasteiger partial charge in [0.2, 0.25) is 0 Å². The van der Waals surface area contributed by atoms with Gasteiger partial charge in [-0.05, 0) is 52.5 Å². The minimum Gasteiger partial charge on any atom is -0.396 e. The van der Waals surface area contributed by atoms with Crippen LogP contribution in [0.5, 0.6) is 5.75 Å². The predicted octanol–water partition coefficient (Wildman–Crippen LogP) is 6.47. The van der Waals surface area contributed by atoms with Gasteiger partial charge in [-0.3, -0.25) is 4.89 Å². The summed E-state index contributed by atoms with van der Waals surface area (Å²) in [5.41, 5.74) is 1.89. The summed E-state index contributed by atoms with van der Waals surface area (Å²) < 4.78 is 23.4. The van der Waals surface area contributed by atoms with E-state index in [1.165, 1.54) is 5.56 Å². The lowest BCUT2D eigenvalue weighted by Gasteiger charge is -2.49. The fourth-order valence-electron chi connectivity index (χ4n) is 4.22. The molecular weight excluding hydrogens is 359 g/mol. The Balaban J connectivity index is 2.26. The Morgan fingerprint density at radius 1 is 1.15 bits per heavy atom. The summed E-state index contributed by atoms with van der Waals surface area (Å²) >= 11 is 0. The van der Waals surface area contributed by atoms with Crippen LogP contribution in [0, 0.1) is 10.8 Å². The minimum atomic E-state index is -4.25. The van der Waals surface area contributed by atoms with Crippen LogP contribution in [0.4, 0.5) is 0 Å². The van der Waals surface area contributed by atoms with Crippen molar-refractivity contribution in [2.24, 2.45) is 10.8 Å². The molecule has 0 saturated carbocycles. The van der Waals surface area contributed by atoms with E-state index in [-0.39, 0.29) is 22.2 Å². The van der Waals surface area contributed by atoms with Crippen LogP contribution in [0.25, 0.3) is 0 Å². The first kappa shape index (κ1) is 20.2. The number of fused-ring (bicyclic) bond motifs is 3. The van der Waals surface area contributed by atoms with Crippen LogP contribution in [0.2, 0.25) is 0 Å². The molecule has 0 aromatic heterocycles. The van der Waals surface area contributed by atoms with E-state index in [4.69, 9.17) is 9.05 Å². The molecular formula is C22H31O4P. The number of rotatable bonds is 0. The van der Waals surface area contributed by atoms with Crippen LogP contribution in [0.1, 0.15) is 71.9 Å². The molecule has 1 aliphatic carbocycles. The van der Waals surface area contributed by atoms with Crippen LogP contribution in [0.3, 0.4) is 0 Å². The fraction of sp³-hybridized carbons (Fsp3) is 0.545. The largest absolute Gasteiger partial charge is 0.584 e. The van der Waals surface area contributed by atoms with Gasteiger partial charge in [0.15, 0.2) is 0 Å². The van der Waals surface area contributed by atoms with Crippen LogP contribution in [-0.2, 0) is 14.5 Å². The van der Waals surface area contributed by atoms with Crippen LogP contribution < -0.4 is 4.52 Å². The van der Waals surface area contributed by atoms with E-state index in [2.05, 4.69) is 60.6 Å². The molecule has 3 atom stereocenters. The first-order valence-electron chi connectivity index (χ1n) is 9.51. The van der Waals surface area contributed by atoms with Crippen molar-refractivity contribution in [1.29, 1.82) is 0 Å². The Kier molecular flexibility index (Phi) is 4.68. The highest BCUT2D eigenvalue weighted by Gasteiger charge is 2.47. The van der Waals surface area contributed by atoms with E-state index >= 15 is 0 Å². The van der Waals surface area contributed by atoms with Crippen molar-refractivity contribution in [1.82, 2.24) is 0 Å². The van der Waals surface area contributed by atoms with Crippen molar-refractivity contribution < 1.29 is 18.5 Å². The van der Waals surface area contributed by atoms with Crippen molar-refractivity contribution >= 4 is 7.82 Å². The van der Waals surface area contributed by atoms with E-state index < -0.39 is 7.82 Å². The van der Waals surface area contributed by atoms with Crippen molar-refractivity contribution in [2.75, 3.05) is 0 Å². The predicted molar refractivity (Wildman–Crippen MR) is 109 cm³/mol. The molecule has 2 bridgehead atoms. The Morgan fingerprint density at radius 2 is 1.81 bits per heavy atom. The van der Waals surface area contributed by atoms with Gasteiger partial charge in [-0.1, -0.05) is 66.7 Å². The average molecular weight is 390 g/mol. The lowest BCUT2D eigenvalue weighted by molar-refractivity contribution is 0.109. The zero-order valence-electron chi connectivity index (χ0n) is 17.4. The third-order valence-electron chi connectivity index (χ3n) is 6.13. The molecule has 1 aromatic rings. The van der Waals surface area contributed by atoms with Gasteiger partial charge >= 0.3 is 7.82 Å². The summed E-state index contributed by atoms with van der Waals surface area (Å²) in [4.78, 5) is 10.2. The third kappa shape index (κ3) is 3.62. The molecule has 148 valence electrons. The maximum absolute atomic E-state index is 12.5. The van der Waals surface area contributed by atoms with Crippen LogP contribution >= 0.6 is 7.82 Å². The Morgan fingerprint density at radius 3 is 2.33 bits per heavy atom. The molecule has 2 heterocycles. The van der Waals surface area contributed by atoms with Crippen LogP contribution in [-0.4, -0.2) is 4.89 Å². The lowest BCUT2D eigenvalue weighted by Crippen LogP contribution is -2.40. The van der Waals surface area contributed by atoms with E-state index in [0.717, 1.165) is 12.0 Å². The lowest BCUT2D eigenvalue weighted by atomic mass is 9.55. The number of allylic oxidation sites excluding steroid dienone is 3. The van der Waals surface area contributed by atoms with Gasteiger partial charge in [0, 0.05) is 5.41 Å². The summed E-state index contributed by atoms with van der Waals surface area (Å²) in [6, 6.07) is 5.90. The number of hydrogen-bond acceptors (Lipinski definition) is 3. The molecule has 0 amide bonds. The van der Waals surface area contributed by atoms with Crippen molar-refractivity contribution in [3.8, 4) is 5.75 Å². The molecule has 5 heteroatoms. The fourth-order valence-corrected chi connectivity index (χ4v) is 5.07. The smallest absolute Gasteiger partial charge is 0.396 e. The highest BCUT2D eigenvalue weighted by molar-refractivity contribution is 7.48. The Labute approximate surface area is 162 Å². The van der Waals surface area contributed by atoms with Gasteiger partial charge in [0.1, 0.15) is 11.5 Å². The number of phosphoric acid groups is 1. The first-order chi connectivity index (χ1) is 12.3. The molecule has 3 aliphatic rings. The summed E-state index contributed by atoms with van der Waals surface area (Å²) in [6.07, 6.45) is 6.62. The highest BCUT2D eigenvalue weighted by Crippen LogP contribution is 2.59. The maximum Gasteiger partial charge on any atom is 0.584 e. The van der Waals surface area contributed by atoms with Gasteiger partial charge in [0.25, 0.3) is 0 Å². The second kappa shape index (κ2) is 6.25. The summed E-state index contributed by atoms with van der Waals surface area (Å²) in [5.74, 6) is 0.899. The topological polar surface area (TPSA) is 55.8 Å². The molecule has 27 heavy (non-hydrogen) atoms. The SMILES string of the molecule is CC1c2cc(C(C)(C)C)ccc2OP(=O)(O)OC2=CCC1(C(C)(C)C)C=C2. The molecule has 0 fully saturated rings. The van der Waals surface area contributed by atoms with Gasteiger partial charge in [-0.15, -0.1) is 0 Å². The molecule has 0 saturated heterocycles. The average Bonchev–Trinajstić information content (AvgIpc) is 2.52.